The van der Waals surface area contributed by atoms with Crippen LogP contribution in [0.3, 0.4) is 0 Å². The van der Waals surface area contributed by atoms with Crippen LogP contribution in [0, 0.1) is 12.0 Å². The summed E-state index contributed by atoms with van der Waals surface area (Å²) in [6.45, 7) is 0.763. The van der Waals surface area contributed by atoms with Gasteiger partial charge in [-0.25, -0.2) is 0 Å². The molecule has 0 aromatic heterocycles. The van der Waals surface area contributed by atoms with Crippen LogP contribution in [-0.2, 0) is 11.3 Å². The second-order valence-electron chi connectivity index (χ2n) is 5.94. The molecule has 3 aromatic rings. The van der Waals surface area contributed by atoms with Crippen LogP contribution in [0.15, 0.2) is 78.9 Å². The number of hydrogen-bond acceptors (Lipinski definition) is 3. The molecule has 0 fully saturated rings. The van der Waals surface area contributed by atoms with Gasteiger partial charge in [-0.15, -0.1) is 0 Å². The van der Waals surface area contributed by atoms with E-state index < -0.39 is 0 Å². The van der Waals surface area contributed by atoms with Gasteiger partial charge >= 0.3 is 165 Å². The van der Waals surface area contributed by atoms with Crippen LogP contribution in [0.5, 0.6) is 11.5 Å². The van der Waals surface area contributed by atoms with Gasteiger partial charge < -0.3 is 0 Å². The standard InChI is InChI=1S/C23H18O3Se/c1-3-7-18(8-4-1)16-24-14-13-23(27-20-9-5-2-6-10-20)19-11-12-21-22(15-19)26-17-25-21/h1-12,15,23H,16-17H2. The second-order valence-corrected chi connectivity index (χ2v) is 8.42. The van der Waals surface area contributed by atoms with Gasteiger partial charge in [-0.05, 0) is 0 Å². The van der Waals surface area contributed by atoms with Gasteiger partial charge in [0.2, 0.25) is 0 Å². The van der Waals surface area contributed by atoms with Crippen LogP contribution in [0.1, 0.15) is 15.9 Å². The van der Waals surface area contributed by atoms with Gasteiger partial charge in [0.1, 0.15) is 0 Å². The van der Waals surface area contributed by atoms with Crippen molar-refractivity contribution in [2.75, 3.05) is 6.79 Å². The van der Waals surface area contributed by atoms with Crippen LogP contribution in [0.4, 0.5) is 0 Å². The third-order valence-corrected chi connectivity index (χ3v) is 6.50. The molecule has 0 amide bonds. The summed E-state index contributed by atoms with van der Waals surface area (Å²) in [5.41, 5.74) is 2.24. The summed E-state index contributed by atoms with van der Waals surface area (Å²) in [6, 6.07) is 26.6. The first-order valence-corrected chi connectivity index (χ1v) is 10.5. The fraction of sp³-hybridized carbons (Fsp3) is 0.130. The van der Waals surface area contributed by atoms with E-state index in [-0.39, 0.29) is 26.6 Å². The van der Waals surface area contributed by atoms with Crippen LogP contribution in [0.25, 0.3) is 0 Å². The monoisotopic (exact) mass is 422 g/mol. The molecule has 3 aromatic carbocycles. The Morgan fingerprint density at radius 1 is 0.889 bits per heavy atom. The molecule has 0 bridgehead atoms. The maximum atomic E-state index is 5.59. The Morgan fingerprint density at radius 3 is 2.44 bits per heavy atom. The Kier molecular flexibility index (Phi) is 5.64. The first-order valence-electron chi connectivity index (χ1n) is 8.66. The average Bonchev–Trinajstić information content (AvgIpc) is 3.20. The van der Waals surface area contributed by atoms with Crippen molar-refractivity contribution in [3.8, 4) is 23.5 Å². The normalized spacial score (nSPS) is 12.7. The summed E-state index contributed by atoms with van der Waals surface area (Å²) in [7, 11) is 0. The van der Waals surface area contributed by atoms with E-state index >= 15 is 0 Å². The second kappa shape index (κ2) is 8.68. The van der Waals surface area contributed by atoms with Gasteiger partial charge in [0, 0.05) is 0 Å². The van der Waals surface area contributed by atoms with Gasteiger partial charge in [-0.3, -0.25) is 0 Å². The Labute approximate surface area is 165 Å². The first kappa shape index (κ1) is 17.5. The predicted octanol–water partition coefficient (Wildman–Crippen LogP) is 3.66. The third kappa shape index (κ3) is 4.65. The molecule has 1 aliphatic heterocycles. The molecule has 0 aliphatic carbocycles. The Balaban J connectivity index is 1.52. The van der Waals surface area contributed by atoms with E-state index in [4.69, 9.17) is 14.2 Å². The van der Waals surface area contributed by atoms with Crippen LogP contribution >= 0.6 is 0 Å². The molecule has 0 spiro atoms. The molecule has 3 nitrogen and oxygen atoms in total. The summed E-state index contributed by atoms with van der Waals surface area (Å²) in [6.07, 6.45) is 2.91. The summed E-state index contributed by atoms with van der Waals surface area (Å²) in [5.74, 6) is 4.88. The number of hydrogen-bond donors (Lipinski definition) is 0. The van der Waals surface area contributed by atoms with Gasteiger partial charge in [0.05, 0.1) is 0 Å². The molecule has 0 N–H and O–H groups in total. The fourth-order valence-corrected chi connectivity index (χ4v) is 4.73. The Bertz CT molecular complexity index is 946. The predicted molar refractivity (Wildman–Crippen MR) is 106 cm³/mol. The number of benzene rings is 3. The molecule has 0 radical (unpaired) electrons. The van der Waals surface area contributed by atoms with Crippen molar-refractivity contribution in [3.63, 3.8) is 0 Å². The maximum absolute atomic E-state index is 5.59. The zero-order valence-electron chi connectivity index (χ0n) is 14.6. The van der Waals surface area contributed by atoms with Crippen molar-refractivity contribution in [1.82, 2.24) is 0 Å². The number of fused-ring (bicyclic) bond motifs is 1. The van der Waals surface area contributed by atoms with Crippen molar-refractivity contribution in [2.24, 2.45) is 0 Å². The van der Waals surface area contributed by atoms with Crippen molar-refractivity contribution in [2.45, 2.75) is 11.4 Å². The average molecular weight is 421 g/mol. The van der Waals surface area contributed by atoms with Gasteiger partial charge in [-0.1, -0.05) is 0 Å². The Morgan fingerprint density at radius 2 is 1.63 bits per heavy atom. The summed E-state index contributed by atoms with van der Waals surface area (Å²) < 4.78 is 17.8. The van der Waals surface area contributed by atoms with E-state index in [0.29, 0.717) is 6.61 Å². The molecule has 1 heterocycles. The topological polar surface area (TPSA) is 27.7 Å². The Hall–Kier alpha value is -2.86. The minimum atomic E-state index is 0.0742. The van der Waals surface area contributed by atoms with Crippen molar-refractivity contribution in [3.05, 3.63) is 90.0 Å². The summed E-state index contributed by atoms with van der Waals surface area (Å²) >= 11 is 0.151. The molecular formula is C23H18O3Se. The van der Waals surface area contributed by atoms with Crippen LogP contribution < -0.4 is 13.9 Å². The van der Waals surface area contributed by atoms with Crippen molar-refractivity contribution in [1.29, 1.82) is 0 Å². The zero-order chi connectivity index (χ0) is 18.3. The molecule has 1 atom stereocenters. The third-order valence-electron chi connectivity index (χ3n) is 4.04. The quantitative estimate of drug-likeness (QED) is 0.465. The van der Waals surface area contributed by atoms with E-state index in [1.165, 1.54) is 4.46 Å². The van der Waals surface area contributed by atoms with E-state index in [1.807, 2.05) is 48.5 Å². The fourth-order valence-electron chi connectivity index (χ4n) is 2.68. The molecule has 4 rings (SSSR count). The molecule has 27 heavy (non-hydrogen) atoms. The van der Waals surface area contributed by atoms with Crippen molar-refractivity contribution < 1.29 is 14.2 Å². The molecule has 1 aliphatic rings. The van der Waals surface area contributed by atoms with Gasteiger partial charge in [0.15, 0.2) is 0 Å². The summed E-state index contributed by atoms with van der Waals surface area (Å²) in [4.78, 5) is 0.0742. The summed E-state index contributed by atoms with van der Waals surface area (Å²) in [5, 5.41) is 0. The number of rotatable bonds is 5. The van der Waals surface area contributed by atoms with Gasteiger partial charge in [0.25, 0.3) is 0 Å². The van der Waals surface area contributed by atoms with E-state index in [0.717, 1.165) is 22.6 Å². The SMILES string of the molecule is C(#CC([Se]c1ccccc1)c1ccc2c(c1)OCO2)OCc1ccccc1. The van der Waals surface area contributed by atoms with Crippen LogP contribution in [0.2, 0.25) is 0 Å². The zero-order valence-corrected chi connectivity index (χ0v) is 16.3. The van der Waals surface area contributed by atoms with E-state index in [2.05, 4.69) is 42.4 Å². The molecule has 4 heteroatoms. The molecule has 1 unspecified atom stereocenters. The molecule has 0 saturated heterocycles. The molecule has 0 saturated carbocycles. The van der Waals surface area contributed by atoms with Gasteiger partial charge in [-0.2, -0.15) is 0 Å². The van der Waals surface area contributed by atoms with E-state index in [9.17, 15) is 0 Å². The van der Waals surface area contributed by atoms with E-state index in [1.54, 1.807) is 0 Å². The van der Waals surface area contributed by atoms with Crippen molar-refractivity contribution >= 4 is 19.4 Å². The molecule has 134 valence electrons. The minimum absolute atomic E-state index is 0.0742. The molecular weight excluding hydrogens is 403 g/mol. The first-order chi connectivity index (χ1) is 13.4. The number of ether oxygens (including phenoxy) is 3. The van der Waals surface area contributed by atoms with Crippen LogP contribution in [-0.4, -0.2) is 21.7 Å².